The van der Waals surface area contributed by atoms with Crippen LogP contribution in [0.3, 0.4) is 0 Å². The largest absolute Gasteiger partial charge is 0.497 e. The Balaban J connectivity index is 2.10. The summed E-state index contributed by atoms with van der Waals surface area (Å²) in [6, 6.07) is 8.00. The zero-order valence-corrected chi connectivity index (χ0v) is 12.5. The molecule has 0 atom stereocenters. The van der Waals surface area contributed by atoms with Crippen molar-refractivity contribution in [1.29, 1.82) is 0 Å². The van der Waals surface area contributed by atoms with E-state index in [4.69, 9.17) is 4.74 Å². The summed E-state index contributed by atoms with van der Waals surface area (Å²) in [7, 11) is 3.65. The molecule has 0 radical (unpaired) electrons. The van der Waals surface area contributed by atoms with E-state index in [0.717, 1.165) is 21.8 Å². The van der Waals surface area contributed by atoms with E-state index in [9.17, 15) is 0 Å². The van der Waals surface area contributed by atoms with Gasteiger partial charge in [0, 0.05) is 29.6 Å². The molecule has 0 spiro atoms. The van der Waals surface area contributed by atoms with Crippen molar-refractivity contribution < 1.29 is 4.74 Å². The van der Waals surface area contributed by atoms with Crippen molar-refractivity contribution in [3.05, 3.63) is 45.8 Å². The minimum Gasteiger partial charge on any atom is -0.497 e. The maximum atomic E-state index is 5.21. The number of methoxy groups -OCH3 is 1. The van der Waals surface area contributed by atoms with Crippen LogP contribution in [0.15, 0.2) is 36.7 Å². The third-order valence-electron chi connectivity index (χ3n) is 2.50. The van der Waals surface area contributed by atoms with E-state index in [2.05, 4.69) is 38.6 Å². The molecule has 2 rings (SSSR count). The summed E-state index contributed by atoms with van der Waals surface area (Å²) in [4.78, 5) is 10.6. The zero-order valence-electron chi connectivity index (χ0n) is 10.3. The lowest BCUT2D eigenvalue weighted by Gasteiger charge is -2.17. The van der Waals surface area contributed by atoms with Crippen molar-refractivity contribution in [3.63, 3.8) is 0 Å². The van der Waals surface area contributed by atoms with Crippen LogP contribution in [0, 0.1) is 3.57 Å². The smallest absolute Gasteiger partial charge is 0.225 e. The quantitative estimate of drug-likeness (QED) is 0.791. The Hall–Kier alpha value is -1.37. The minimum atomic E-state index is 0.721. The van der Waals surface area contributed by atoms with Gasteiger partial charge < -0.3 is 9.64 Å². The topological polar surface area (TPSA) is 38.2 Å². The van der Waals surface area contributed by atoms with Crippen LogP contribution < -0.4 is 9.64 Å². The molecule has 1 aromatic carbocycles. The number of hydrogen-bond acceptors (Lipinski definition) is 4. The van der Waals surface area contributed by atoms with Crippen LogP contribution in [-0.4, -0.2) is 24.1 Å². The van der Waals surface area contributed by atoms with Gasteiger partial charge in [-0.15, -0.1) is 0 Å². The number of hydrogen-bond donors (Lipinski definition) is 0. The zero-order chi connectivity index (χ0) is 13.0. The maximum absolute atomic E-state index is 5.21. The predicted molar refractivity (Wildman–Crippen MR) is 79.9 cm³/mol. The molecule has 0 unspecified atom stereocenters. The highest BCUT2D eigenvalue weighted by molar-refractivity contribution is 14.1. The van der Waals surface area contributed by atoms with Gasteiger partial charge in [0.1, 0.15) is 5.75 Å². The molecular formula is C13H14IN3O. The molecule has 0 aliphatic carbocycles. The fourth-order valence-corrected chi connectivity index (χ4v) is 1.90. The summed E-state index contributed by atoms with van der Waals surface area (Å²) >= 11 is 2.19. The lowest BCUT2D eigenvalue weighted by atomic mass is 10.2. The van der Waals surface area contributed by atoms with Gasteiger partial charge in [-0.25, -0.2) is 9.97 Å². The molecule has 0 saturated heterocycles. The molecule has 4 nitrogen and oxygen atoms in total. The van der Waals surface area contributed by atoms with E-state index in [1.54, 1.807) is 7.11 Å². The fraction of sp³-hybridized carbons (Fsp3) is 0.231. The van der Waals surface area contributed by atoms with Crippen LogP contribution in [0.1, 0.15) is 5.56 Å². The molecule has 1 aromatic heterocycles. The highest BCUT2D eigenvalue weighted by Crippen LogP contribution is 2.16. The standard InChI is InChI=1S/C13H14IN3O/c1-17(13-15-7-11(14)8-16-13)9-10-4-3-5-12(6-10)18-2/h3-8H,9H2,1-2H3. The number of rotatable bonds is 4. The van der Waals surface area contributed by atoms with Crippen molar-refractivity contribution >= 4 is 28.5 Å². The van der Waals surface area contributed by atoms with Gasteiger partial charge in [-0.2, -0.15) is 0 Å². The fourth-order valence-electron chi connectivity index (χ4n) is 1.62. The first-order valence-electron chi connectivity index (χ1n) is 5.50. The summed E-state index contributed by atoms with van der Waals surface area (Å²) in [5.41, 5.74) is 1.17. The molecule has 1 heterocycles. The number of nitrogens with zero attached hydrogens (tertiary/aromatic N) is 3. The van der Waals surface area contributed by atoms with Crippen molar-refractivity contribution in [2.45, 2.75) is 6.54 Å². The summed E-state index contributed by atoms with van der Waals surface area (Å²) in [6.07, 6.45) is 3.62. The van der Waals surface area contributed by atoms with E-state index in [1.165, 1.54) is 5.56 Å². The first-order chi connectivity index (χ1) is 8.69. The average molecular weight is 355 g/mol. The van der Waals surface area contributed by atoms with Crippen LogP contribution in [0.4, 0.5) is 5.95 Å². The van der Waals surface area contributed by atoms with Crippen LogP contribution in [-0.2, 0) is 6.54 Å². The number of anilines is 1. The number of ether oxygens (including phenoxy) is 1. The normalized spacial score (nSPS) is 10.2. The Bertz CT molecular complexity index is 516. The lowest BCUT2D eigenvalue weighted by Crippen LogP contribution is -2.19. The summed E-state index contributed by atoms with van der Waals surface area (Å²) in [5, 5.41) is 0. The number of aromatic nitrogens is 2. The SMILES string of the molecule is COc1cccc(CN(C)c2ncc(I)cn2)c1. The van der Waals surface area contributed by atoms with E-state index >= 15 is 0 Å². The molecular weight excluding hydrogens is 341 g/mol. The molecule has 0 amide bonds. The van der Waals surface area contributed by atoms with Crippen LogP contribution in [0.5, 0.6) is 5.75 Å². The Morgan fingerprint density at radius 3 is 2.67 bits per heavy atom. The summed E-state index contributed by atoms with van der Waals surface area (Å²) in [5.74, 6) is 1.59. The molecule has 5 heteroatoms. The molecule has 18 heavy (non-hydrogen) atoms. The number of benzene rings is 1. The second-order valence-electron chi connectivity index (χ2n) is 3.91. The van der Waals surface area contributed by atoms with E-state index in [0.29, 0.717) is 0 Å². The van der Waals surface area contributed by atoms with Gasteiger partial charge in [0.05, 0.1) is 7.11 Å². The van der Waals surface area contributed by atoms with Gasteiger partial charge in [0.15, 0.2) is 0 Å². The Morgan fingerprint density at radius 2 is 2.00 bits per heavy atom. The molecule has 0 aliphatic heterocycles. The van der Waals surface area contributed by atoms with Gasteiger partial charge in [-0.05, 0) is 40.3 Å². The Labute approximate surface area is 120 Å². The van der Waals surface area contributed by atoms with Gasteiger partial charge in [0.2, 0.25) is 5.95 Å². The molecule has 0 aliphatic rings. The molecule has 2 aromatic rings. The van der Waals surface area contributed by atoms with Crippen molar-refractivity contribution in [3.8, 4) is 5.75 Å². The molecule has 94 valence electrons. The average Bonchev–Trinajstić information content (AvgIpc) is 2.39. The van der Waals surface area contributed by atoms with Gasteiger partial charge in [-0.1, -0.05) is 12.1 Å². The third-order valence-corrected chi connectivity index (χ3v) is 3.06. The summed E-state index contributed by atoms with van der Waals surface area (Å²) < 4.78 is 6.24. The minimum absolute atomic E-state index is 0.721. The molecule has 0 fully saturated rings. The maximum Gasteiger partial charge on any atom is 0.225 e. The first-order valence-corrected chi connectivity index (χ1v) is 6.58. The lowest BCUT2D eigenvalue weighted by molar-refractivity contribution is 0.414. The van der Waals surface area contributed by atoms with Gasteiger partial charge in [0.25, 0.3) is 0 Å². The van der Waals surface area contributed by atoms with Gasteiger partial charge >= 0.3 is 0 Å². The second kappa shape index (κ2) is 5.99. The van der Waals surface area contributed by atoms with E-state index in [-0.39, 0.29) is 0 Å². The molecule has 0 saturated carbocycles. The molecule has 0 bridgehead atoms. The highest BCUT2D eigenvalue weighted by atomic mass is 127. The highest BCUT2D eigenvalue weighted by Gasteiger charge is 2.05. The monoisotopic (exact) mass is 355 g/mol. The van der Waals surface area contributed by atoms with E-state index in [1.807, 2.05) is 42.5 Å². The van der Waals surface area contributed by atoms with E-state index < -0.39 is 0 Å². The number of halogens is 1. The van der Waals surface area contributed by atoms with Crippen LogP contribution in [0.25, 0.3) is 0 Å². The Morgan fingerprint density at radius 1 is 1.28 bits per heavy atom. The van der Waals surface area contributed by atoms with Crippen LogP contribution in [0.2, 0.25) is 0 Å². The van der Waals surface area contributed by atoms with Crippen molar-refractivity contribution in [2.24, 2.45) is 0 Å². The predicted octanol–water partition coefficient (Wildman–Crippen LogP) is 2.73. The van der Waals surface area contributed by atoms with Crippen molar-refractivity contribution in [2.75, 3.05) is 19.1 Å². The van der Waals surface area contributed by atoms with Gasteiger partial charge in [-0.3, -0.25) is 0 Å². The van der Waals surface area contributed by atoms with Crippen molar-refractivity contribution in [1.82, 2.24) is 9.97 Å². The summed E-state index contributed by atoms with van der Waals surface area (Å²) in [6.45, 7) is 0.748. The first kappa shape index (κ1) is 13.1. The second-order valence-corrected chi connectivity index (χ2v) is 5.15. The Kier molecular flexibility index (Phi) is 4.35. The molecule has 0 N–H and O–H groups in total. The third kappa shape index (κ3) is 3.32. The van der Waals surface area contributed by atoms with Crippen LogP contribution >= 0.6 is 22.6 Å².